The topological polar surface area (TPSA) is 61.9 Å². The fourth-order valence-electron chi connectivity index (χ4n) is 5.13. The van der Waals surface area contributed by atoms with E-state index in [2.05, 4.69) is 17.3 Å². The molecule has 0 bridgehead atoms. The second-order valence-electron chi connectivity index (χ2n) is 9.14. The fraction of sp³-hybridized carbons (Fsp3) is 0.680. The van der Waals surface area contributed by atoms with Gasteiger partial charge in [-0.25, -0.2) is 4.39 Å². The van der Waals surface area contributed by atoms with Crippen molar-refractivity contribution in [3.05, 3.63) is 35.6 Å². The Kier molecular flexibility index (Phi) is 9.48. The molecule has 1 N–H and O–H groups in total. The quantitative estimate of drug-likeness (QED) is 0.558. The number of carbonyl (C=O) groups is 2. The summed E-state index contributed by atoms with van der Waals surface area (Å²) in [5.74, 6) is -0.711. The first-order chi connectivity index (χ1) is 15.5. The summed E-state index contributed by atoms with van der Waals surface area (Å²) in [4.78, 5) is 30.0. The van der Waals surface area contributed by atoms with Crippen molar-refractivity contribution >= 4 is 11.8 Å². The van der Waals surface area contributed by atoms with Crippen molar-refractivity contribution in [2.24, 2.45) is 5.92 Å². The van der Waals surface area contributed by atoms with Crippen LogP contribution in [0.4, 0.5) is 4.39 Å². The van der Waals surface area contributed by atoms with Crippen LogP contribution in [0.15, 0.2) is 24.3 Å². The highest BCUT2D eigenvalue weighted by molar-refractivity contribution is 5.85. The third kappa shape index (κ3) is 6.51. The van der Waals surface area contributed by atoms with Crippen LogP contribution in [0.1, 0.15) is 63.0 Å². The van der Waals surface area contributed by atoms with E-state index < -0.39 is 6.04 Å². The first kappa shape index (κ1) is 24.6. The highest BCUT2D eigenvalue weighted by Gasteiger charge is 2.40. The minimum Gasteiger partial charge on any atom is -0.383 e. The van der Waals surface area contributed by atoms with Gasteiger partial charge in [0.05, 0.1) is 18.6 Å². The molecule has 7 heteroatoms. The largest absolute Gasteiger partial charge is 0.383 e. The molecule has 1 aromatic carbocycles. The van der Waals surface area contributed by atoms with Crippen LogP contribution in [0.2, 0.25) is 0 Å². The third-order valence-electron chi connectivity index (χ3n) is 6.98. The predicted molar refractivity (Wildman–Crippen MR) is 123 cm³/mol. The van der Waals surface area contributed by atoms with E-state index in [1.54, 1.807) is 24.1 Å². The first-order valence-electron chi connectivity index (χ1n) is 12.0. The van der Waals surface area contributed by atoms with E-state index in [4.69, 9.17) is 4.74 Å². The lowest BCUT2D eigenvalue weighted by Crippen LogP contribution is -2.49. The average molecular weight is 448 g/mol. The predicted octanol–water partition coefficient (Wildman–Crippen LogP) is 3.52. The molecule has 0 aromatic heterocycles. The third-order valence-corrected chi connectivity index (χ3v) is 6.98. The zero-order valence-corrected chi connectivity index (χ0v) is 19.5. The lowest BCUT2D eigenvalue weighted by molar-refractivity contribution is -0.144. The number of benzene rings is 1. The van der Waals surface area contributed by atoms with Crippen LogP contribution >= 0.6 is 0 Å². The van der Waals surface area contributed by atoms with E-state index in [0.717, 1.165) is 18.5 Å². The van der Waals surface area contributed by atoms with Gasteiger partial charge < -0.3 is 19.9 Å². The van der Waals surface area contributed by atoms with E-state index in [9.17, 15) is 14.0 Å². The van der Waals surface area contributed by atoms with Crippen LogP contribution in [0.25, 0.3) is 0 Å². The molecule has 6 nitrogen and oxygen atoms in total. The maximum Gasteiger partial charge on any atom is 0.225 e. The maximum atomic E-state index is 13.5. The van der Waals surface area contributed by atoms with Gasteiger partial charge in [-0.3, -0.25) is 9.59 Å². The zero-order valence-electron chi connectivity index (χ0n) is 19.5. The molecule has 1 aromatic rings. The average Bonchev–Trinajstić information content (AvgIpc) is 2.81. The molecule has 1 aliphatic carbocycles. The van der Waals surface area contributed by atoms with E-state index in [-0.39, 0.29) is 23.5 Å². The Morgan fingerprint density at radius 1 is 1.19 bits per heavy atom. The van der Waals surface area contributed by atoms with E-state index in [1.165, 1.54) is 44.2 Å². The number of halogens is 1. The Labute approximate surface area is 191 Å². The van der Waals surface area contributed by atoms with Crippen molar-refractivity contribution in [3.63, 3.8) is 0 Å². The number of methoxy groups -OCH3 is 1. The molecule has 1 saturated heterocycles. The molecule has 2 aliphatic rings. The van der Waals surface area contributed by atoms with E-state index >= 15 is 0 Å². The van der Waals surface area contributed by atoms with E-state index in [1.807, 2.05) is 0 Å². The van der Waals surface area contributed by atoms with Crippen LogP contribution < -0.4 is 5.32 Å². The van der Waals surface area contributed by atoms with Crippen LogP contribution in [-0.2, 0) is 14.3 Å². The highest BCUT2D eigenvalue weighted by atomic mass is 19.1. The van der Waals surface area contributed by atoms with Gasteiger partial charge in [0.1, 0.15) is 5.82 Å². The molecule has 32 heavy (non-hydrogen) atoms. The highest BCUT2D eigenvalue weighted by Crippen LogP contribution is 2.37. The van der Waals surface area contributed by atoms with Gasteiger partial charge in [-0.1, -0.05) is 31.4 Å². The summed E-state index contributed by atoms with van der Waals surface area (Å²) in [5.41, 5.74) is 0.785. The van der Waals surface area contributed by atoms with Crippen LogP contribution in [-0.4, -0.2) is 68.1 Å². The number of rotatable bonds is 10. The molecule has 1 heterocycles. The fourth-order valence-corrected chi connectivity index (χ4v) is 5.13. The van der Waals surface area contributed by atoms with Gasteiger partial charge in [0.15, 0.2) is 0 Å². The summed E-state index contributed by atoms with van der Waals surface area (Å²) in [6, 6.07) is 6.39. The molecule has 2 amide bonds. The second-order valence-corrected chi connectivity index (χ2v) is 9.14. The van der Waals surface area contributed by atoms with Crippen molar-refractivity contribution in [2.45, 2.75) is 63.5 Å². The molecule has 3 rings (SSSR count). The number of amides is 2. The molecule has 2 unspecified atom stereocenters. The Hall–Kier alpha value is -1.99. The standard InChI is InChI=1S/C25H38FN3O3/c1-28(21-7-4-3-5-8-21)16-6-15-27-25(31)22-13-14-23(30)29(17-18-32-2)24(22)19-9-11-20(26)12-10-19/h9-12,21-22,24H,3-8,13-18H2,1-2H3,(H,27,31). The van der Waals surface area contributed by atoms with Gasteiger partial charge in [-0.2, -0.15) is 0 Å². The number of piperidine rings is 1. The molecular formula is C25H38FN3O3. The molecule has 0 spiro atoms. The van der Waals surface area contributed by atoms with E-state index in [0.29, 0.717) is 38.6 Å². The Balaban J connectivity index is 1.60. The molecule has 2 atom stereocenters. The molecule has 1 aliphatic heterocycles. The van der Waals surface area contributed by atoms with Crippen LogP contribution in [0, 0.1) is 11.7 Å². The van der Waals surface area contributed by atoms with Gasteiger partial charge >= 0.3 is 0 Å². The summed E-state index contributed by atoms with van der Waals surface area (Å²) in [6.45, 7) is 2.39. The van der Waals surface area contributed by atoms with Gasteiger partial charge in [0, 0.05) is 32.7 Å². The van der Waals surface area contributed by atoms with Crippen molar-refractivity contribution in [2.75, 3.05) is 40.4 Å². The molecule has 1 saturated carbocycles. The van der Waals surface area contributed by atoms with Crippen molar-refractivity contribution in [3.8, 4) is 0 Å². The lowest BCUT2D eigenvalue weighted by atomic mass is 9.83. The number of nitrogens with one attached hydrogen (secondary N) is 1. The zero-order chi connectivity index (χ0) is 22.9. The number of hydrogen-bond donors (Lipinski definition) is 1. The van der Waals surface area contributed by atoms with Crippen LogP contribution in [0.5, 0.6) is 0 Å². The maximum absolute atomic E-state index is 13.5. The number of nitrogens with zero attached hydrogens (tertiary/aromatic N) is 2. The lowest BCUT2D eigenvalue weighted by Gasteiger charge is -2.40. The molecule has 178 valence electrons. The van der Waals surface area contributed by atoms with Gasteiger partial charge in [0.2, 0.25) is 11.8 Å². The Morgan fingerprint density at radius 3 is 2.59 bits per heavy atom. The van der Waals surface area contributed by atoms with Gasteiger partial charge in [-0.15, -0.1) is 0 Å². The molecule has 0 radical (unpaired) electrons. The summed E-state index contributed by atoms with van der Waals surface area (Å²) >= 11 is 0. The monoisotopic (exact) mass is 447 g/mol. The van der Waals surface area contributed by atoms with Gasteiger partial charge in [-0.05, 0) is 57.0 Å². The van der Waals surface area contributed by atoms with Crippen LogP contribution in [0.3, 0.4) is 0 Å². The smallest absolute Gasteiger partial charge is 0.225 e. The number of likely N-dealkylation sites (tertiary alicyclic amines) is 1. The molecular weight excluding hydrogens is 409 g/mol. The summed E-state index contributed by atoms with van der Waals surface area (Å²) in [7, 11) is 3.78. The SMILES string of the molecule is COCCN1C(=O)CCC(C(=O)NCCCN(C)C2CCCCC2)C1c1ccc(F)cc1. The van der Waals surface area contributed by atoms with Gasteiger partial charge in [0.25, 0.3) is 0 Å². The number of hydrogen-bond acceptors (Lipinski definition) is 4. The molecule has 2 fully saturated rings. The second kappa shape index (κ2) is 12.3. The summed E-state index contributed by atoms with van der Waals surface area (Å²) in [6.07, 6.45) is 8.26. The van der Waals surface area contributed by atoms with Crippen molar-refractivity contribution in [1.29, 1.82) is 0 Å². The summed E-state index contributed by atoms with van der Waals surface area (Å²) < 4.78 is 18.7. The minimum atomic E-state index is -0.406. The van der Waals surface area contributed by atoms with Crippen molar-refractivity contribution in [1.82, 2.24) is 15.1 Å². The first-order valence-corrected chi connectivity index (χ1v) is 12.0. The minimum absolute atomic E-state index is 0.00883. The summed E-state index contributed by atoms with van der Waals surface area (Å²) in [5, 5.41) is 3.10. The van der Waals surface area contributed by atoms with Crippen molar-refractivity contribution < 1.29 is 18.7 Å². The Bertz CT molecular complexity index is 736. The number of carbonyl (C=O) groups excluding carboxylic acids is 2. The number of ether oxygens (including phenoxy) is 1. The Morgan fingerprint density at radius 2 is 1.91 bits per heavy atom. The normalized spacial score (nSPS) is 22.4.